The molecule has 1 heterocycles. The number of halogens is 1. The number of ether oxygens (including phenoxy) is 1. The first-order chi connectivity index (χ1) is 8.16. The summed E-state index contributed by atoms with van der Waals surface area (Å²) in [5, 5.41) is 0.562. The fourth-order valence-electron chi connectivity index (χ4n) is 1.49. The predicted molar refractivity (Wildman–Crippen MR) is 69.2 cm³/mol. The normalized spacial score (nSPS) is 10.2. The van der Waals surface area contributed by atoms with Crippen molar-refractivity contribution in [2.45, 2.75) is 13.5 Å². The average Bonchev–Trinajstić information content (AvgIpc) is 2.31. The van der Waals surface area contributed by atoms with Gasteiger partial charge in [0.25, 0.3) is 0 Å². The molecule has 2 rings (SSSR count). The molecule has 0 atom stereocenters. The van der Waals surface area contributed by atoms with Crippen LogP contribution in [-0.2, 0) is 6.61 Å². The number of nitrogens with zero attached hydrogens (tertiary/aromatic N) is 1. The van der Waals surface area contributed by atoms with Crippen LogP contribution >= 0.6 is 11.6 Å². The van der Waals surface area contributed by atoms with Crippen LogP contribution in [0.5, 0.6) is 5.75 Å². The molecule has 0 radical (unpaired) electrons. The molecule has 0 amide bonds. The van der Waals surface area contributed by atoms with Gasteiger partial charge in [-0.05, 0) is 24.1 Å². The summed E-state index contributed by atoms with van der Waals surface area (Å²) in [6.07, 6.45) is 3.20. The fourth-order valence-corrected chi connectivity index (χ4v) is 1.66. The van der Waals surface area contributed by atoms with E-state index in [0.717, 1.165) is 16.8 Å². The zero-order valence-corrected chi connectivity index (χ0v) is 10.2. The van der Waals surface area contributed by atoms with Crippen molar-refractivity contribution in [1.29, 1.82) is 0 Å². The Kier molecular flexibility index (Phi) is 3.49. The van der Waals surface area contributed by atoms with E-state index < -0.39 is 0 Å². The van der Waals surface area contributed by atoms with Crippen LogP contribution < -0.4 is 10.5 Å². The van der Waals surface area contributed by atoms with Crippen LogP contribution in [0, 0.1) is 6.92 Å². The van der Waals surface area contributed by atoms with Gasteiger partial charge in [0.2, 0.25) is 0 Å². The Morgan fingerprint density at radius 1 is 1.35 bits per heavy atom. The fraction of sp³-hybridized carbons (Fsp3) is 0.154. The van der Waals surface area contributed by atoms with Gasteiger partial charge in [0.05, 0.1) is 11.2 Å². The molecule has 0 saturated heterocycles. The van der Waals surface area contributed by atoms with Gasteiger partial charge in [-0.2, -0.15) is 0 Å². The van der Waals surface area contributed by atoms with Crippen molar-refractivity contribution in [2.24, 2.45) is 0 Å². The number of nitrogen functional groups attached to an aromatic ring is 1. The molecule has 17 heavy (non-hydrogen) atoms. The molecule has 3 nitrogen and oxygen atoms in total. The molecular weight excluding hydrogens is 236 g/mol. The first kappa shape index (κ1) is 11.7. The van der Waals surface area contributed by atoms with E-state index in [1.165, 1.54) is 0 Å². The van der Waals surface area contributed by atoms with Crippen LogP contribution in [0.1, 0.15) is 11.1 Å². The van der Waals surface area contributed by atoms with Crippen molar-refractivity contribution in [1.82, 2.24) is 4.98 Å². The monoisotopic (exact) mass is 248 g/mol. The van der Waals surface area contributed by atoms with Gasteiger partial charge in [-0.15, -0.1) is 0 Å². The summed E-state index contributed by atoms with van der Waals surface area (Å²) in [5.41, 5.74) is 8.70. The lowest BCUT2D eigenvalue weighted by atomic mass is 10.1. The summed E-state index contributed by atoms with van der Waals surface area (Å²) in [4.78, 5) is 3.95. The maximum Gasteiger partial charge on any atom is 0.139 e. The van der Waals surface area contributed by atoms with Crippen molar-refractivity contribution in [2.75, 3.05) is 5.73 Å². The lowest BCUT2D eigenvalue weighted by Crippen LogP contribution is -2.00. The van der Waals surface area contributed by atoms with Gasteiger partial charge in [-0.3, -0.25) is 4.98 Å². The van der Waals surface area contributed by atoms with E-state index in [1.807, 2.05) is 25.1 Å². The Balaban J connectivity index is 2.10. The first-order valence-corrected chi connectivity index (χ1v) is 5.62. The minimum absolute atomic E-state index is 0.457. The van der Waals surface area contributed by atoms with E-state index in [-0.39, 0.29) is 0 Å². The number of anilines is 1. The van der Waals surface area contributed by atoms with Gasteiger partial charge >= 0.3 is 0 Å². The number of hydrogen-bond acceptors (Lipinski definition) is 3. The predicted octanol–water partition coefficient (Wildman–Crippen LogP) is 3.20. The highest BCUT2D eigenvalue weighted by atomic mass is 35.5. The van der Waals surface area contributed by atoms with Crippen molar-refractivity contribution < 1.29 is 4.74 Å². The van der Waals surface area contributed by atoms with E-state index in [9.17, 15) is 0 Å². The lowest BCUT2D eigenvalue weighted by molar-refractivity contribution is 0.304. The van der Waals surface area contributed by atoms with Gasteiger partial charge in [0, 0.05) is 18.0 Å². The highest BCUT2D eigenvalue weighted by Gasteiger charge is 2.02. The topological polar surface area (TPSA) is 48.1 Å². The Morgan fingerprint density at radius 3 is 2.94 bits per heavy atom. The zero-order valence-electron chi connectivity index (χ0n) is 9.48. The summed E-state index contributed by atoms with van der Waals surface area (Å²) in [7, 11) is 0. The van der Waals surface area contributed by atoms with Crippen molar-refractivity contribution in [3.63, 3.8) is 0 Å². The molecule has 4 heteroatoms. The number of aromatic nitrogens is 1. The van der Waals surface area contributed by atoms with Crippen LogP contribution in [0.4, 0.5) is 5.69 Å². The second kappa shape index (κ2) is 5.06. The van der Waals surface area contributed by atoms with Crippen molar-refractivity contribution >= 4 is 17.3 Å². The number of pyridine rings is 1. The molecule has 0 bridgehead atoms. The Morgan fingerprint density at radius 2 is 2.18 bits per heavy atom. The minimum atomic E-state index is 0.457. The summed E-state index contributed by atoms with van der Waals surface area (Å²) in [6, 6.07) is 7.51. The molecule has 1 aromatic heterocycles. The largest absolute Gasteiger partial charge is 0.487 e. The number of rotatable bonds is 3. The summed E-state index contributed by atoms with van der Waals surface area (Å²) < 4.78 is 5.61. The molecule has 0 saturated carbocycles. The van der Waals surface area contributed by atoms with Gasteiger partial charge in [0.15, 0.2) is 0 Å². The molecule has 0 unspecified atom stereocenters. The van der Waals surface area contributed by atoms with Gasteiger partial charge < -0.3 is 10.5 Å². The van der Waals surface area contributed by atoms with Gasteiger partial charge in [-0.1, -0.05) is 23.7 Å². The molecule has 0 spiro atoms. The molecule has 0 fully saturated rings. The van der Waals surface area contributed by atoms with E-state index in [2.05, 4.69) is 4.98 Å². The third-order valence-electron chi connectivity index (χ3n) is 2.56. The molecule has 2 aromatic rings. The molecule has 0 aliphatic rings. The van der Waals surface area contributed by atoms with E-state index in [1.54, 1.807) is 18.5 Å². The standard InChI is InChI=1S/C13H13ClN2O/c1-9-10(3-2-4-13(9)15)8-17-12-5-11(14)6-16-7-12/h2-7H,8,15H2,1H3. The molecule has 2 N–H and O–H groups in total. The second-order valence-corrected chi connectivity index (χ2v) is 4.20. The summed E-state index contributed by atoms with van der Waals surface area (Å²) >= 11 is 5.82. The maximum atomic E-state index is 5.82. The number of nitrogens with two attached hydrogens (primary N) is 1. The summed E-state index contributed by atoms with van der Waals surface area (Å²) in [6.45, 7) is 2.43. The minimum Gasteiger partial charge on any atom is -0.487 e. The Labute approximate surface area is 105 Å². The third kappa shape index (κ3) is 2.88. The van der Waals surface area contributed by atoms with Gasteiger partial charge in [0.1, 0.15) is 12.4 Å². The Hall–Kier alpha value is -1.74. The second-order valence-electron chi connectivity index (χ2n) is 3.76. The first-order valence-electron chi connectivity index (χ1n) is 5.24. The van der Waals surface area contributed by atoms with E-state index in [4.69, 9.17) is 22.1 Å². The summed E-state index contributed by atoms with van der Waals surface area (Å²) in [5.74, 6) is 0.652. The smallest absolute Gasteiger partial charge is 0.139 e. The van der Waals surface area contributed by atoms with E-state index in [0.29, 0.717) is 17.4 Å². The number of hydrogen-bond donors (Lipinski definition) is 1. The van der Waals surface area contributed by atoms with Crippen LogP contribution in [0.3, 0.4) is 0 Å². The third-order valence-corrected chi connectivity index (χ3v) is 2.77. The van der Waals surface area contributed by atoms with Crippen molar-refractivity contribution in [3.05, 3.63) is 52.8 Å². The highest BCUT2D eigenvalue weighted by Crippen LogP contribution is 2.19. The number of benzene rings is 1. The van der Waals surface area contributed by atoms with Crippen LogP contribution in [0.15, 0.2) is 36.7 Å². The van der Waals surface area contributed by atoms with E-state index >= 15 is 0 Å². The Bertz CT molecular complexity index is 529. The molecule has 1 aromatic carbocycles. The maximum absolute atomic E-state index is 5.82. The highest BCUT2D eigenvalue weighted by molar-refractivity contribution is 6.30. The van der Waals surface area contributed by atoms with Crippen molar-refractivity contribution in [3.8, 4) is 5.75 Å². The lowest BCUT2D eigenvalue weighted by Gasteiger charge is -2.10. The average molecular weight is 249 g/mol. The molecule has 0 aliphatic carbocycles. The van der Waals surface area contributed by atoms with Crippen LogP contribution in [0.25, 0.3) is 0 Å². The molecule has 0 aliphatic heterocycles. The molecular formula is C13H13ClN2O. The van der Waals surface area contributed by atoms with Gasteiger partial charge in [-0.25, -0.2) is 0 Å². The van der Waals surface area contributed by atoms with Crippen LogP contribution in [-0.4, -0.2) is 4.98 Å². The quantitative estimate of drug-likeness (QED) is 0.849. The zero-order chi connectivity index (χ0) is 12.3. The SMILES string of the molecule is Cc1c(N)cccc1COc1cncc(Cl)c1. The van der Waals surface area contributed by atoms with Crippen LogP contribution in [0.2, 0.25) is 5.02 Å². The molecule has 88 valence electrons.